The van der Waals surface area contributed by atoms with Crippen molar-refractivity contribution < 1.29 is 18.8 Å². The van der Waals surface area contributed by atoms with E-state index in [1.54, 1.807) is 24.3 Å². The Hall–Kier alpha value is -3.19. The molecule has 0 aromatic heterocycles. The third-order valence-electron chi connectivity index (χ3n) is 5.88. The summed E-state index contributed by atoms with van der Waals surface area (Å²) in [6.07, 6.45) is 4.08. The molecule has 1 fully saturated rings. The van der Waals surface area contributed by atoms with Crippen LogP contribution in [0.2, 0.25) is 0 Å². The van der Waals surface area contributed by atoms with Gasteiger partial charge in [0.25, 0.3) is 17.7 Å². The first-order valence-corrected chi connectivity index (χ1v) is 11.0. The fourth-order valence-corrected chi connectivity index (χ4v) is 4.37. The summed E-state index contributed by atoms with van der Waals surface area (Å²) in [6, 6.07) is 12.4. The predicted molar refractivity (Wildman–Crippen MR) is 121 cm³/mol. The first kappa shape index (κ1) is 22.0. The number of hydrogen-bond donors (Lipinski definition) is 1. The van der Waals surface area contributed by atoms with Crippen LogP contribution >= 0.6 is 11.6 Å². The monoisotopic (exact) mass is 455 g/mol. The van der Waals surface area contributed by atoms with Crippen molar-refractivity contribution in [3.8, 4) is 0 Å². The van der Waals surface area contributed by atoms with E-state index in [9.17, 15) is 18.8 Å². The Bertz CT molecular complexity index is 1100. The molecule has 1 unspecified atom stereocenters. The first-order valence-electron chi connectivity index (χ1n) is 10.6. The quantitative estimate of drug-likeness (QED) is 0.665. The van der Waals surface area contributed by atoms with E-state index in [1.165, 1.54) is 18.2 Å². The summed E-state index contributed by atoms with van der Waals surface area (Å²) in [5, 5.41) is 2.52. The van der Waals surface area contributed by atoms with Crippen LogP contribution in [0.25, 0.3) is 0 Å². The number of carbonyl (C=O) groups is 3. The minimum atomic E-state index is -0.799. The molecule has 1 saturated heterocycles. The third-order valence-corrected chi connectivity index (χ3v) is 6.23. The molecule has 1 atom stereocenters. The fraction of sp³-hybridized carbons (Fsp3) is 0.292. The van der Waals surface area contributed by atoms with Crippen molar-refractivity contribution in [3.63, 3.8) is 0 Å². The number of nitrogens with one attached hydrogen (secondary N) is 1. The van der Waals surface area contributed by atoms with Crippen molar-refractivity contribution in [2.24, 2.45) is 0 Å². The van der Waals surface area contributed by atoms with Gasteiger partial charge < -0.3 is 10.2 Å². The van der Waals surface area contributed by atoms with E-state index in [0.717, 1.165) is 38.3 Å². The molecule has 2 aromatic rings. The Morgan fingerprint density at radius 2 is 1.81 bits per heavy atom. The highest BCUT2D eigenvalue weighted by Crippen LogP contribution is 2.31. The highest BCUT2D eigenvalue weighted by Gasteiger charge is 2.40. The second kappa shape index (κ2) is 9.12. The summed E-state index contributed by atoms with van der Waals surface area (Å²) in [4.78, 5) is 40.9. The van der Waals surface area contributed by atoms with Crippen LogP contribution < -0.4 is 10.2 Å². The van der Waals surface area contributed by atoms with Crippen LogP contribution in [0.1, 0.15) is 43.0 Å². The van der Waals surface area contributed by atoms with Crippen LogP contribution in [-0.4, -0.2) is 35.2 Å². The molecule has 2 aliphatic rings. The van der Waals surface area contributed by atoms with Crippen LogP contribution in [0, 0.1) is 5.82 Å². The van der Waals surface area contributed by atoms with E-state index in [4.69, 9.17) is 11.6 Å². The molecular formula is C24H23ClFN3O3. The van der Waals surface area contributed by atoms with Crippen molar-refractivity contribution in [1.29, 1.82) is 0 Å². The highest BCUT2D eigenvalue weighted by atomic mass is 35.5. The number of benzene rings is 2. The number of rotatable bonds is 5. The number of nitrogens with zero attached hydrogens (tertiary/aromatic N) is 2. The maximum atomic E-state index is 14.1. The van der Waals surface area contributed by atoms with Crippen molar-refractivity contribution in [3.05, 3.63) is 70.6 Å². The van der Waals surface area contributed by atoms with Gasteiger partial charge >= 0.3 is 0 Å². The molecule has 4 rings (SSSR count). The summed E-state index contributed by atoms with van der Waals surface area (Å²) < 4.78 is 14.1. The number of amides is 3. The minimum Gasteiger partial charge on any atom is -0.350 e. The van der Waals surface area contributed by atoms with Crippen molar-refractivity contribution >= 4 is 40.7 Å². The standard InChI is InChI=1S/C24H23ClFN3O3/c1-2-17-7-5-6-14-28(17)22(30)15-10-12-16(13-11-15)27-21-20(25)23(31)29(24(21)32)19-9-4-3-8-18(19)26/h3-4,8-13,17,27H,2,5-7,14H2,1H3. The van der Waals surface area contributed by atoms with Crippen LogP contribution in [0.15, 0.2) is 59.3 Å². The zero-order chi connectivity index (χ0) is 22.8. The Morgan fingerprint density at radius 3 is 2.50 bits per heavy atom. The van der Waals surface area contributed by atoms with Gasteiger partial charge in [0, 0.05) is 23.8 Å². The molecule has 0 bridgehead atoms. The lowest BCUT2D eigenvalue weighted by atomic mass is 9.99. The molecule has 6 nitrogen and oxygen atoms in total. The van der Waals surface area contributed by atoms with Gasteiger partial charge in [-0.15, -0.1) is 0 Å². The molecule has 0 spiro atoms. The fourth-order valence-electron chi connectivity index (χ4n) is 4.16. The van der Waals surface area contributed by atoms with Crippen LogP contribution in [0.4, 0.5) is 15.8 Å². The number of likely N-dealkylation sites (tertiary alicyclic amines) is 1. The number of para-hydroxylation sites is 1. The molecular weight excluding hydrogens is 433 g/mol. The summed E-state index contributed by atoms with van der Waals surface area (Å²) >= 11 is 6.11. The van der Waals surface area contributed by atoms with E-state index in [-0.39, 0.29) is 28.4 Å². The van der Waals surface area contributed by atoms with Crippen LogP contribution in [0.3, 0.4) is 0 Å². The SMILES string of the molecule is CCC1CCCCN1C(=O)c1ccc(NC2=C(Cl)C(=O)N(c3ccccc3F)C2=O)cc1. The third kappa shape index (κ3) is 4.00. The van der Waals surface area contributed by atoms with E-state index in [2.05, 4.69) is 12.2 Å². The lowest BCUT2D eigenvalue weighted by molar-refractivity contribution is -0.120. The predicted octanol–water partition coefficient (Wildman–Crippen LogP) is 4.67. The highest BCUT2D eigenvalue weighted by molar-refractivity contribution is 6.53. The van der Waals surface area contributed by atoms with Gasteiger partial charge in [-0.3, -0.25) is 14.4 Å². The molecule has 2 aromatic carbocycles. The zero-order valence-corrected chi connectivity index (χ0v) is 18.4. The van der Waals surface area contributed by atoms with Gasteiger partial charge in [-0.1, -0.05) is 30.7 Å². The van der Waals surface area contributed by atoms with Gasteiger partial charge in [0.1, 0.15) is 16.5 Å². The van der Waals surface area contributed by atoms with E-state index < -0.39 is 17.6 Å². The second-order valence-corrected chi connectivity index (χ2v) is 8.22. The van der Waals surface area contributed by atoms with Crippen molar-refractivity contribution in [2.75, 3.05) is 16.8 Å². The molecule has 8 heteroatoms. The van der Waals surface area contributed by atoms with E-state index in [1.807, 2.05) is 4.90 Å². The first-order chi connectivity index (χ1) is 15.4. The maximum Gasteiger partial charge on any atom is 0.283 e. The maximum absolute atomic E-state index is 14.1. The Balaban J connectivity index is 1.51. The van der Waals surface area contributed by atoms with Gasteiger partial charge in [0.2, 0.25) is 0 Å². The average Bonchev–Trinajstić information content (AvgIpc) is 3.02. The number of anilines is 2. The average molecular weight is 456 g/mol. The Morgan fingerprint density at radius 1 is 1.09 bits per heavy atom. The second-order valence-electron chi connectivity index (χ2n) is 7.84. The minimum absolute atomic E-state index is 0.0156. The van der Waals surface area contributed by atoms with Crippen molar-refractivity contribution in [2.45, 2.75) is 38.6 Å². The van der Waals surface area contributed by atoms with Gasteiger partial charge in [-0.25, -0.2) is 9.29 Å². The molecule has 0 saturated carbocycles. The van der Waals surface area contributed by atoms with Crippen LogP contribution in [-0.2, 0) is 9.59 Å². The van der Waals surface area contributed by atoms with Gasteiger partial charge in [-0.2, -0.15) is 0 Å². The number of halogens is 2. The van der Waals surface area contributed by atoms with Crippen molar-refractivity contribution in [1.82, 2.24) is 4.90 Å². The normalized spacial score (nSPS) is 19.0. The number of piperidine rings is 1. The lowest BCUT2D eigenvalue weighted by Crippen LogP contribution is -2.43. The number of imide groups is 1. The Kier molecular flexibility index (Phi) is 6.28. The van der Waals surface area contributed by atoms with Crippen LogP contribution in [0.5, 0.6) is 0 Å². The molecule has 1 N–H and O–H groups in total. The summed E-state index contributed by atoms with van der Waals surface area (Å²) in [5.41, 5.74) is 0.737. The lowest BCUT2D eigenvalue weighted by Gasteiger charge is -2.35. The van der Waals surface area contributed by atoms with Gasteiger partial charge in [-0.05, 0) is 62.1 Å². The molecule has 2 aliphatic heterocycles. The number of hydrogen-bond acceptors (Lipinski definition) is 4. The number of carbonyl (C=O) groups excluding carboxylic acids is 3. The largest absolute Gasteiger partial charge is 0.350 e. The molecule has 166 valence electrons. The smallest absolute Gasteiger partial charge is 0.283 e. The Labute approximate surface area is 190 Å². The van der Waals surface area contributed by atoms with E-state index in [0.29, 0.717) is 16.2 Å². The van der Waals surface area contributed by atoms with Gasteiger partial charge in [0.05, 0.1) is 5.69 Å². The molecule has 32 heavy (non-hydrogen) atoms. The zero-order valence-electron chi connectivity index (χ0n) is 17.6. The molecule has 3 amide bonds. The molecule has 2 heterocycles. The molecule has 0 radical (unpaired) electrons. The topological polar surface area (TPSA) is 69.7 Å². The molecule has 0 aliphatic carbocycles. The van der Waals surface area contributed by atoms with E-state index >= 15 is 0 Å². The van der Waals surface area contributed by atoms with Gasteiger partial charge in [0.15, 0.2) is 0 Å². The summed E-state index contributed by atoms with van der Waals surface area (Å²) in [7, 11) is 0. The summed E-state index contributed by atoms with van der Waals surface area (Å²) in [6.45, 7) is 2.84. The summed E-state index contributed by atoms with van der Waals surface area (Å²) in [5.74, 6) is -2.26.